The van der Waals surface area contributed by atoms with Gasteiger partial charge in [-0.2, -0.15) is 0 Å². The first-order valence-electron chi connectivity index (χ1n) is 8.57. The summed E-state index contributed by atoms with van der Waals surface area (Å²) in [4.78, 5) is 12.5. The Kier molecular flexibility index (Phi) is 6.86. The van der Waals surface area contributed by atoms with Crippen LogP contribution in [0.25, 0.3) is 0 Å². The number of nitrogens with zero attached hydrogens (tertiary/aromatic N) is 3. The molecular formula is C17H22ClN5OS2. The van der Waals surface area contributed by atoms with E-state index in [9.17, 15) is 4.79 Å². The van der Waals surface area contributed by atoms with E-state index in [1.165, 1.54) is 17.1 Å². The lowest BCUT2D eigenvalue weighted by molar-refractivity contribution is 0.102. The number of benzene rings is 1. The summed E-state index contributed by atoms with van der Waals surface area (Å²) in [6.07, 6.45) is 3.80. The average molecular weight is 412 g/mol. The first-order valence-corrected chi connectivity index (χ1v) is 10.7. The maximum atomic E-state index is 12.5. The topological polar surface area (TPSA) is 71.8 Å². The van der Waals surface area contributed by atoms with E-state index in [-0.39, 0.29) is 18.3 Å². The minimum absolute atomic E-state index is 0. The zero-order valence-electron chi connectivity index (χ0n) is 14.3. The highest BCUT2D eigenvalue weighted by Gasteiger charge is 2.20. The van der Waals surface area contributed by atoms with Crippen molar-refractivity contribution in [1.82, 2.24) is 20.3 Å². The van der Waals surface area contributed by atoms with E-state index in [0.29, 0.717) is 16.3 Å². The molecule has 1 aromatic heterocycles. The largest absolute Gasteiger partial charge is 0.321 e. The monoisotopic (exact) mass is 411 g/mol. The van der Waals surface area contributed by atoms with Gasteiger partial charge in [-0.05, 0) is 43.6 Å². The van der Waals surface area contributed by atoms with Gasteiger partial charge in [-0.1, -0.05) is 17.3 Å². The van der Waals surface area contributed by atoms with Crippen molar-refractivity contribution < 1.29 is 4.79 Å². The molecule has 0 bridgehead atoms. The maximum Gasteiger partial charge on any atom is 0.277 e. The average Bonchev–Trinajstić information content (AvgIpc) is 3.35. The van der Waals surface area contributed by atoms with Crippen LogP contribution in [0.15, 0.2) is 30.5 Å². The number of amides is 1. The van der Waals surface area contributed by atoms with Crippen molar-refractivity contribution in [1.29, 1.82) is 0 Å². The molecular weight excluding hydrogens is 390 g/mol. The smallest absolute Gasteiger partial charge is 0.277 e. The van der Waals surface area contributed by atoms with Gasteiger partial charge >= 0.3 is 0 Å². The number of carbonyl (C=O) groups is 1. The number of aromatic nitrogens is 3. The molecule has 1 amide bonds. The third kappa shape index (κ3) is 4.54. The molecule has 26 heavy (non-hydrogen) atoms. The van der Waals surface area contributed by atoms with Gasteiger partial charge in [0.25, 0.3) is 5.91 Å². The molecule has 0 atom stereocenters. The molecule has 2 N–H and O–H groups in total. The van der Waals surface area contributed by atoms with E-state index in [1.54, 1.807) is 6.20 Å². The van der Waals surface area contributed by atoms with Crippen LogP contribution in [0, 0.1) is 0 Å². The van der Waals surface area contributed by atoms with Crippen LogP contribution in [0.5, 0.6) is 0 Å². The second kappa shape index (κ2) is 9.12. The fourth-order valence-electron chi connectivity index (χ4n) is 3.14. The summed E-state index contributed by atoms with van der Waals surface area (Å²) in [6, 6.07) is 8.43. The Morgan fingerprint density at radius 3 is 2.77 bits per heavy atom. The van der Waals surface area contributed by atoms with Crippen molar-refractivity contribution in [2.45, 2.75) is 23.5 Å². The number of halogens is 1. The van der Waals surface area contributed by atoms with E-state index in [0.717, 1.165) is 31.6 Å². The predicted octanol–water partition coefficient (Wildman–Crippen LogP) is 3.36. The SMILES string of the molecule is Cl.O=C(Nc1cccc(C2SCCS2)c1)c1cn(C2CCNCC2)nn1. The first-order chi connectivity index (χ1) is 12.3. The molecule has 0 radical (unpaired) electrons. The van der Waals surface area contributed by atoms with Crippen molar-refractivity contribution in [3.05, 3.63) is 41.7 Å². The zero-order valence-corrected chi connectivity index (χ0v) is 16.7. The van der Waals surface area contributed by atoms with Crippen molar-refractivity contribution in [2.24, 2.45) is 0 Å². The number of rotatable bonds is 4. The van der Waals surface area contributed by atoms with E-state index >= 15 is 0 Å². The molecule has 140 valence electrons. The highest BCUT2D eigenvalue weighted by molar-refractivity contribution is 8.19. The highest BCUT2D eigenvalue weighted by Crippen LogP contribution is 2.45. The summed E-state index contributed by atoms with van der Waals surface area (Å²) in [5.41, 5.74) is 2.43. The number of piperidine rings is 1. The lowest BCUT2D eigenvalue weighted by Crippen LogP contribution is -2.29. The Balaban J connectivity index is 0.00000196. The molecule has 2 aliphatic heterocycles. The molecule has 0 aliphatic carbocycles. The van der Waals surface area contributed by atoms with Gasteiger partial charge in [0, 0.05) is 17.2 Å². The van der Waals surface area contributed by atoms with Crippen LogP contribution in [0.4, 0.5) is 5.69 Å². The fraction of sp³-hybridized carbons (Fsp3) is 0.471. The number of hydrogen-bond donors (Lipinski definition) is 2. The quantitative estimate of drug-likeness (QED) is 0.803. The van der Waals surface area contributed by atoms with E-state index in [1.807, 2.05) is 40.3 Å². The lowest BCUT2D eigenvalue weighted by Gasteiger charge is -2.22. The summed E-state index contributed by atoms with van der Waals surface area (Å²) in [6.45, 7) is 1.96. The summed E-state index contributed by atoms with van der Waals surface area (Å²) in [5.74, 6) is 2.17. The molecule has 2 aliphatic rings. The number of nitrogens with one attached hydrogen (secondary N) is 2. The van der Waals surface area contributed by atoms with Crippen molar-refractivity contribution in [3.63, 3.8) is 0 Å². The number of hydrogen-bond acceptors (Lipinski definition) is 6. The van der Waals surface area contributed by atoms with Crippen LogP contribution in [0.3, 0.4) is 0 Å². The Bertz CT molecular complexity index is 744. The van der Waals surface area contributed by atoms with Gasteiger partial charge in [-0.15, -0.1) is 41.0 Å². The van der Waals surface area contributed by atoms with E-state index < -0.39 is 0 Å². The second-order valence-electron chi connectivity index (χ2n) is 6.22. The number of carbonyl (C=O) groups excluding carboxylic acids is 1. The molecule has 0 unspecified atom stereocenters. The zero-order chi connectivity index (χ0) is 17.1. The van der Waals surface area contributed by atoms with Gasteiger partial charge < -0.3 is 10.6 Å². The molecule has 4 rings (SSSR count). The standard InChI is InChI=1S/C17H21N5OS2.ClH/c23-16(15-11-22(21-20-15)14-4-6-18-7-5-14)19-13-3-1-2-12(10-13)17-24-8-9-25-17;/h1-3,10-11,14,17-18H,4-9H2,(H,19,23);1H. The van der Waals surface area contributed by atoms with Crippen molar-refractivity contribution >= 4 is 47.5 Å². The summed E-state index contributed by atoms with van der Waals surface area (Å²) in [7, 11) is 0. The van der Waals surface area contributed by atoms with Gasteiger partial charge in [0.05, 0.1) is 16.8 Å². The molecule has 2 saturated heterocycles. The molecule has 0 spiro atoms. The van der Waals surface area contributed by atoms with Crippen LogP contribution in [0.1, 0.15) is 39.5 Å². The number of anilines is 1. The second-order valence-corrected chi connectivity index (χ2v) is 8.94. The molecule has 1 aromatic carbocycles. The van der Waals surface area contributed by atoms with Gasteiger partial charge in [0.1, 0.15) is 0 Å². The van der Waals surface area contributed by atoms with E-state index in [4.69, 9.17) is 0 Å². The minimum atomic E-state index is -0.205. The summed E-state index contributed by atoms with van der Waals surface area (Å²) >= 11 is 3.92. The highest BCUT2D eigenvalue weighted by atomic mass is 35.5. The third-order valence-electron chi connectivity index (χ3n) is 4.46. The molecule has 2 fully saturated rings. The van der Waals surface area contributed by atoms with Crippen LogP contribution in [0.2, 0.25) is 0 Å². The van der Waals surface area contributed by atoms with Crippen LogP contribution < -0.4 is 10.6 Å². The molecule has 3 heterocycles. The summed E-state index contributed by atoms with van der Waals surface area (Å²) in [5, 5.41) is 14.5. The normalized spacial score (nSPS) is 18.5. The van der Waals surface area contributed by atoms with Gasteiger partial charge in [-0.25, -0.2) is 4.68 Å². The van der Waals surface area contributed by atoms with Crippen LogP contribution in [-0.4, -0.2) is 45.5 Å². The van der Waals surface area contributed by atoms with Gasteiger partial charge in [0.2, 0.25) is 0 Å². The minimum Gasteiger partial charge on any atom is -0.321 e. The summed E-state index contributed by atoms with van der Waals surface area (Å²) < 4.78 is 2.30. The molecule has 6 nitrogen and oxygen atoms in total. The molecule has 2 aromatic rings. The maximum absolute atomic E-state index is 12.5. The Hall–Kier alpha value is -1.22. The Labute approximate surface area is 167 Å². The fourth-order valence-corrected chi connectivity index (χ4v) is 5.98. The van der Waals surface area contributed by atoms with Crippen molar-refractivity contribution in [3.8, 4) is 0 Å². The molecule has 9 heteroatoms. The Morgan fingerprint density at radius 1 is 1.23 bits per heavy atom. The van der Waals surface area contributed by atoms with Crippen molar-refractivity contribution in [2.75, 3.05) is 29.9 Å². The van der Waals surface area contributed by atoms with Crippen LogP contribution >= 0.6 is 35.9 Å². The van der Waals surface area contributed by atoms with Crippen LogP contribution in [-0.2, 0) is 0 Å². The molecule has 0 saturated carbocycles. The predicted molar refractivity (Wildman–Crippen MR) is 110 cm³/mol. The van der Waals surface area contributed by atoms with Gasteiger partial charge in [-0.3, -0.25) is 4.79 Å². The first kappa shape index (κ1) is 19.5. The lowest BCUT2D eigenvalue weighted by atomic mass is 10.1. The van der Waals surface area contributed by atoms with E-state index in [2.05, 4.69) is 33.1 Å². The Morgan fingerprint density at radius 2 is 2.00 bits per heavy atom. The van der Waals surface area contributed by atoms with Gasteiger partial charge in [0.15, 0.2) is 5.69 Å². The third-order valence-corrected chi connectivity index (χ3v) is 7.57. The number of thioether (sulfide) groups is 2.